The molecule has 0 aromatic carbocycles. The number of hydrogen-bond donors (Lipinski definition) is 1. The first-order valence-electron chi connectivity index (χ1n) is 13.4. The molecular formula is C27H36N4O4S. The van der Waals surface area contributed by atoms with Crippen molar-refractivity contribution in [3.63, 3.8) is 0 Å². The van der Waals surface area contributed by atoms with E-state index in [1.165, 1.54) is 44.8 Å². The third kappa shape index (κ3) is 4.55. The van der Waals surface area contributed by atoms with Gasteiger partial charge in [0, 0.05) is 32.1 Å². The monoisotopic (exact) mass is 512 g/mol. The number of likely N-dealkylation sites (tertiary alicyclic amines) is 1. The van der Waals surface area contributed by atoms with Crippen LogP contribution in [0.25, 0.3) is 5.65 Å². The summed E-state index contributed by atoms with van der Waals surface area (Å²) in [6.45, 7) is 1.64. The summed E-state index contributed by atoms with van der Waals surface area (Å²) in [5.41, 5.74) is 2.08. The van der Waals surface area contributed by atoms with Crippen LogP contribution in [-0.4, -0.2) is 65.7 Å². The Hall–Kier alpha value is -2.42. The van der Waals surface area contributed by atoms with Crippen LogP contribution in [0.5, 0.6) is 0 Å². The van der Waals surface area contributed by atoms with Gasteiger partial charge >= 0.3 is 0 Å². The second-order valence-corrected chi connectivity index (χ2v) is 14.4. The normalized spacial score (nSPS) is 30.1. The van der Waals surface area contributed by atoms with Gasteiger partial charge in [-0.2, -0.15) is 0 Å². The molecule has 2 aromatic heterocycles. The van der Waals surface area contributed by atoms with Gasteiger partial charge < -0.3 is 10.2 Å². The average Bonchev–Trinajstić information content (AvgIpc) is 3.24. The molecule has 5 aliphatic rings. The first kappa shape index (κ1) is 23.9. The number of carbonyl (C=O) groups excluding carboxylic acids is 2. The quantitative estimate of drug-likeness (QED) is 0.642. The number of rotatable bonds is 6. The number of aromatic nitrogens is 2. The minimum atomic E-state index is -3.07. The van der Waals surface area contributed by atoms with Gasteiger partial charge in [0.25, 0.3) is 5.91 Å². The van der Waals surface area contributed by atoms with E-state index in [2.05, 4.69) is 10.3 Å². The Morgan fingerprint density at radius 1 is 1.06 bits per heavy atom. The highest BCUT2D eigenvalue weighted by molar-refractivity contribution is 7.91. The number of carbonyl (C=O) groups is 2. The van der Waals surface area contributed by atoms with E-state index in [0.29, 0.717) is 43.0 Å². The van der Waals surface area contributed by atoms with Gasteiger partial charge in [0.1, 0.15) is 21.2 Å². The Balaban J connectivity index is 1.11. The fraction of sp³-hybridized carbons (Fsp3) is 0.667. The van der Waals surface area contributed by atoms with Gasteiger partial charge in [-0.15, -0.1) is 0 Å². The Morgan fingerprint density at radius 2 is 1.69 bits per heavy atom. The zero-order valence-corrected chi connectivity index (χ0v) is 21.8. The molecule has 0 radical (unpaired) electrons. The highest BCUT2D eigenvalue weighted by atomic mass is 32.2. The van der Waals surface area contributed by atoms with Crippen molar-refractivity contribution in [3.05, 3.63) is 35.8 Å². The van der Waals surface area contributed by atoms with Crippen molar-refractivity contribution in [1.82, 2.24) is 19.6 Å². The number of pyridine rings is 1. The van der Waals surface area contributed by atoms with Crippen molar-refractivity contribution in [3.8, 4) is 0 Å². The predicted molar refractivity (Wildman–Crippen MR) is 136 cm³/mol. The first-order chi connectivity index (χ1) is 17.2. The number of fused-ring (bicyclic) bond motifs is 1. The number of amides is 2. The average molecular weight is 513 g/mol. The third-order valence-corrected chi connectivity index (χ3v) is 11.0. The van der Waals surface area contributed by atoms with E-state index in [1.54, 1.807) is 15.5 Å². The minimum absolute atomic E-state index is 0.0572. The van der Waals surface area contributed by atoms with Crippen LogP contribution in [0, 0.1) is 23.2 Å². The van der Waals surface area contributed by atoms with Crippen LogP contribution in [-0.2, 0) is 21.1 Å². The van der Waals surface area contributed by atoms with Gasteiger partial charge in [0.05, 0.1) is 17.4 Å². The molecule has 1 aliphatic heterocycles. The summed E-state index contributed by atoms with van der Waals surface area (Å²) in [5.74, 6) is 2.40. The highest BCUT2D eigenvalue weighted by Gasteiger charge is 2.50. The van der Waals surface area contributed by atoms with Crippen molar-refractivity contribution >= 4 is 27.3 Å². The van der Waals surface area contributed by atoms with Crippen LogP contribution in [0.1, 0.15) is 67.5 Å². The topological polar surface area (TPSA) is 101 Å². The van der Waals surface area contributed by atoms with Crippen LogP contribution < -0.4 is 5.32 Å². The maximum Gasteiger partial charge on any atom is 0.268 e. The van der Waals surface area contributed by atoms with Crippen molar-refractivity contribution in [2.24, 2.45) is 23.2 Å². The zero-order valence-electron chi connectivity index (χ0n) is 21.0. The van der Waals surface area contributed by atoms with Crippen LogP contribution in [0.4, 0.5) is 0 Å². The van der Waals surface area contributed by atoms with Gasteiger partial charge in [-0.3, -0.25) is 14.0 Å². The Bertz CT molecular complexity index is 1260. The fourth-order valence-electron chi connectivity index (χ4n) is 8.00. The van der Waals surface area contributed by atoms with E-state index in [-0.39, 0.29) is 28.9 Å². The van der Waals surface area contributed by atoms with Gasteiger partial charge in [-0.25, -0.2) is 13.4 Å². The van der Waals surface area contributed by atoms with Gasteiger partial charge in [-0.1, -0.05) is 6.07 Å². The minimum Gasteiger partial charge on any atom is -0.350 e. The van der Waals surface area contributed by atoms with Crippen LogP contribution in [0.2, 0.25) is 0 Å². The fourth-order valence-corrected chi connectivity index (χ4v) is 9.06. The van der Waals surface area contributed by atoms with Gasteiger partial charge in [0.2, 0.25) is 5.91 Å². The molecule has 0 spiro atoms. The lowest BCUT2D eigenvalue weighted by atomic mass is 9.49. The van der Waals surface area contributed by atoms with Crippen molar-refractivity contribution < 1.29 is 18.0 Å². The van der Waals surface area contributed by atoms with Crippen LogP contribution in [0.3, 0.4) is 0 Å². The Labute approximate surface area is 212 Å². The summed E-state index contributed by atoms with van der Waals surface area (Å²) in [6.07, 6.45) is 12.1. The van der Waals surface area contributed by atoms with E-state index in [9.17, 15) is 18.0 Å². The van der Waals surface area contributed by atoms with Crippen molar-refractivity contribution in [2.45, 2.75) is 63.0 Å². The molecule has 36 heavy (non-hydrogen) atoms. The van der Waals surface area contributed by atoms with E-state index >= 15 is 0 Å². The van der Waals surface area contributed by atoms with Crippen molar-refractivity contribution in [1.29, 1.82) is 0 Å². The predicted octanol–water partition coefficient (Wildman–Crippen LogP) is 2.86. The smallest absolute Gasteiger partial charge is 0.268 e. The summed E-state index contributed by atoms with van der Waals surface area (Å²) < 4.78 is 25.4. The number of hydrogen-bond acceptors (Lipinski definition) is 5. The molecule has 8 nitrogen and oxygen atoms in total. The summed E-state index contributed by atoms with van der Waals surface area (Å²) >= 11 is 0. The third-order valence-electron chi connectivity index (χ3n) is 9.30. The number of sulfone groups is 1. The Morgan fingerprint density at radius 3 is 2.31 bits per heavy atom. The summed E-state index contributed by atoms with van der Waals surface area (Å²) in [6, 6.07) is 5.50. The van der Waals surface area contributed by atoms with Gasteiger partial charge in [-0.05, 0) is 86.7 Å². The molecule has 0 unspecified atom stereocenters. The largest absolute Gasteiger partial charge is 0.350 e. The van der Waals surface area contributed by atoms with E-state index < -0.39 is 9.84 Å². The molecule has 1 N–H and O–H groups in total. The molecule has 7 rings (SSSR count). The molecule has 2 aromatic rings. The van der Waals surface area contributed by atoms with Crippen LogP contribution in [0.15, 0.2) is 24.4 Å². The lowest BCUT2D eigenvalue weighted by Crippen LogP contribution is -2.51. The molecule has 4 saturated carbocycles. The second kappa shape index (κ2) is 8.85. The molecule has 4 bridgehead atoms. The highest BCUT2D eigenvalue weighted by Crippen LogP contribution is 2.59. The maximum atomic E-state index is 13.3. The maximum absolute atomic E-state index is 13.3. The second-order valence-electron chi connectivity index (χ2n) is 12.1. The lowest BCUT2D eigenvalue weighted by Gasteiger charge is -2.56. The van der Waals surface area contributed by atoms with E-state index in [1.807, 2.05) is 18.2 Å². The lowest BCUT2D eigenvalue weighted by molar-refractivity contribution is -0.131. The summed E-state index contributed by atoms with van der Waals surface area (Å²) in [4.78, 5) is 32.5. The Kier molecular flexibility index (Phi) is 5.89. The molecule has 4 aliphatic carbocycles. The summed E-state index contributed by atoms with van der Waals surface area (Å²) in [5, 5.41) is 2.89. The zero-order chi connectivity index (χ0) is 25.1. The van der Waals surface area contributed by atoms with Crippen molar-refractivity contribution in [2.75, 3.05) is 25.9 Å². The van der Waals surface area contributed by atoms with Gasteiger partial charge in [0.15, 0.2) is 0 Å². The number of imidazole rings is 1. The molecule has 2 amide bonds. The van der Waals surface area contributed by atoms with Crippen LogP contribution >= 0.6 is 0 Å². The standard InChI is InChI=1S/C27H36N4O4S/c1-36(34,35)22-5-7-30(8-6-22)25(32)12-21-16-31-23(3-2-4-24(31)29-21)26(33)28-17-27-13-18-9-19(14-27)11-20(10-18)15-27/h2-4,16,18-20,22H,5-15,17H2,1H3,(H,28,33). The molecule has 0 atom stereocenters. The summed E-state index contributed by atoms with van der Waals surface area (Å²) in [7, 11) is -3.07. The first-order valence-corrected chi connectivity index (χ1v) is 15.3. The molecule has 9 heteroatoms. The molecular weight excluding hydrogens is 476 g/mol. The number of nitrogens with one attached hydrogen (secondary N) is 1. The number of nitrogens with zero attached hydrogens (tertiary/aromatic N) is 3. The molecule has 1 saturated heterocycles. The molecule has 194 valence electrons. The SMILES string of the molecule is CS(=O)(=O)C1CCN(C(=O)Cc2cn3c(C(=O)NCC45CC6CC(CC(C6)C4)C5)cccc3n2)CC1. The number of piperidine rings is 1. The molecule has 5 fully saturated rings. The van der Waals surface area contributed by atoms with E-state index in [0.717, 1.165) is 24.3 Å². The van der Waals surface area contributed by atoms with E-state index in [4.69, 9.17) is 0 Å². The molecule has 3 heterocycles.